The van der Waals surface area contributed by atoms with Gasteiger partial charge in [0.2, 0.25) is 0 Å². The number of unbranched alkanes of at least 4 members (excludes halogenated alkanes) is 1. The summed E-state index contributed by atoms with van der Waals surface area (Å²) in [6.07, 6.45) is 3.45. The van der Waals surface area contributed by atoms with Crippen molar-refractivity contribution >= 4 is 29.4 Å². The maximum atomic E-state index is 13.9. The lowest BCUT2D eigenvalue weighted by Gasteiger charge is -2.24. The van der Waals surface area contributed by atoms with Gasteiger partial charge in [-0.25, -0.2) is 14.6 Å². The van der Waals surface area contributed by atoms with Gasteiger partial charge in [-0.15, -0.1) is 0 Å². The number of nitrogens with zero attached hydrogens (tertiary/aromatic N) is 2. The predicted octanol–water partition coefficient (Wildman–Crippen LogP) is 5.41. The van der Waals surface area contributed by atoms with Gasteiger partial charge in [0.1, 0.15) is 17.3 Å². The molecule has 0 unspecified atom stereocenters. The van der Waals surface area contributed by atoms with Gasteiger partial charge in [0, 0.05) is 11.6 Å². The van der Waals surface area contributed by atoms with Gasteiger partial charge in [0.15, 0.2) is 4.80 Å². The van der Waals surface area contributed by atoms with Crippen LogP contribution in [0.4, 0.5) is 0 Å². The lowest BCUT2D eigenvalue weighted by atomic mass is 9.96. The van der Waals surface area contributed by atoms with Crippen LogP contribution >= 0.6 is 11.3 Å². The Balaban J connectivity index is 1.48. The van der Waals surface area contributed by atoms with Gasteiger partial charge in [-0.05, 0) is 69.2 Å². The molecule has 0 saturated heterocycles. The fourth-order valence-electron chi connectivity index (χ4n) is 4.90. The lowest BCUT2D eigenvalue weighted by Crippen LogP contribution is -2.39. The van der Waals surface area contributed by atoms with Crippen molar-refractivity contribution in [3.8, 4) is 17.1 Å². The summed E-state index contributed by atoms with van der Waals surface area (Å²) in [6.45, 7) is 8.55. The number of hydrogen-bond donors (Lipinski definition) is 0. The smallest absolute Gasteiger partial charge is 0.338 e. The number of ether oxygens (including phenoxy) is 3. The number of allylic oxidation sites excluding steroid dienone is 1. The minimum Gasteiger partial charge on any atom is -0.494 e. The molecule has 1 atom stereocenters. The van der Waals surface area contributed by atoms with E-state index >= 15 is 0 Å². The molecular formula is C34H34N2O7S. The van der Waals surface area contributed by atoms with Gasteiger partial charge in [-0.3, -0.25) is 9.36 Å². The average molecular weight is 615 g/mol. The molecule has 2 aromatic carbocycles. The van der Waals surface area contributed by atoms with Crippen molar-refractivity contribution in [2.24, 2.45) is 4.99 Å². The molecule has 2 aromatic heterocycles. The van der Waals surface area contributed by atoms with Crippen LogP contribution in [0.15, 0.2) is 86.1 Å². The molecule has 3 heterocycles. The predicted molar refractivity (Wildman–Crippen MR) is 167 cm³/mol. The molecule has 0 fully saturated rings. The Hall–Kier alpha value is -4.70. The number of aromatic nitrogens is 1. The fraction of sp³-hybridized carbons (Fsp3) is 0.294. The maximum absolute atomic E-state index is 13.9. The molecule has 44 heavy (non-hydrogen) atoms. The van der Waals surface area contributed by atoms with Crippen LogP contribution < -0.4 is 19.6 Å². The van der Waals surface area contributed by atoms with E-state index in [9.17, 15) is 14.4 Å². The van der Waals surface area contributed by atoms with Crippen LogP contribution in [0.25, 0.3) is 17.4 Å². The highest BCUT2D eigenvalue weighted by atomic mass is 32.1. The highest BCUT2D eigenvalue weighted by Crippen LogP contribution is 2.32. The first-order valence-electron chi connectivity index (χ1n) is 14.6. The van der Waals surface area contributed by atoms with Crippen LogP contribution in [-0.4, -0.2) is 36.3 Å². The Morgan fingerprint density at radius 2 is 1.70 bits per heavy atom. The third-order valence-corrected chi connectivity index (χ3v) is 8.04. The molecule has 1 aliphatic heterocycles. The Morgan fingerprint density at radius 3 is 2.39 bits per heavy atom. The van der Waals surface area contributed by atoms with E-state index in [1.165, 1.54) is 15.9 Å². The van der Waals surface area contributed by atoms with Crippen molar-refractivity contribution in [2.75, 3.05) is 19.8 Å². The summed E-state index contributed by atoms with van der Waals surface area (Å²) in [7, 11) is 0. The number of esters is 2. The molecule has 4 aromatic rings. The summed E-state index contributed by atoms with van der Waals surface area (Å²) in [4.78, 5) is 44.3. The third-order valence-electron chi connectivity index (χ3n) is 7.06. The summed E-state index contributed by atoms with van der Waals surface area (Å²) in [6, 6.07) is 17.2. The maximum Gasteiger partial charge on any atom is 0.338 e. The Morgan fingerprint density at radius 1 is 0.955 bits per heavy atom. The van der Waals surface area contributed by atoms with Crippen molar-refractivity contribution < 1.29 is 28.2 Å². The molecule has 10 heteroatoms. The molecule has 0 bridgehead atoms. The van der Waals surface area contributed by atoms with Crippen molar-refractivity contribution in [1.29, 1.82) is 0 Å². The number of furan rings is 1. The lowest BCUT2D eigenvalue weighted by molar-refractivity contribution is -0.139. The number of carbonyl (C=O) groups excluding carboxylic acids is 2. The number of rotatable bonds is 11. The molecule has 1 aliphatic rings. The summed E-state index contributed by atoms with van der Waals surface area (Å²) in [5.74, 6) is 0.885. The molecule has 0 saturated carbocycles. The average Bonchev–Trinajstić information content (AvgIpc) is 3.61. The zero-order valence-electron chi connectivity index (χ0n) is 25.1. The Bertz CT molecular complexity index is 1860. The monoisotopic (exact) mass is 614 g/mol. The van der Waals surface area contributed by atoms with Crippen molar-refractivity contribution in [3.05, 3.63) is 109 Å². The van der Waals surface area contributed by atoms with E-state index in [0.717, 1.165) is 24.0 Å². The van der Waals surface area contributed by atoms with E-state index in [-0.39, 0.29) is 18.1 Å². The first kappa shape index (κ1) is 30.7. The minimum atomic E-state index is -0.720. The molecule has 9 nitrogen and oxygen atoms in total. The van der Waals surface area contributed by atoms with Crippen LogP contribution in [0, 0.1) is 0 Å². The van der Waals surface area contributed by atoms with Crippen LogP contribution in [0.2, 0.25) is 0 Å². The number of thiazole rings is 1. The van der Waals surface area contributed by atoms with Crippen molar-refractivity contribution in [3.63, 3.8) is 0 Å². The van der Waals surface area contributed by atoms with Crippen LogP contribution in [0.1, 0.15) is 68.3 Å². The van der Waals surface area contributed by atoms with E-state index in [4.69, 9.17) is 18.6 Å². The zero-order chi connectivity index (χ0) is 31.2. The second kappa shape index (κ2) is 13.7. The highest BCUT2D eigenvalue weighted by Gasteiger charge is 2.33. The molecule has 0 radical (unpaired) electrons. The van der Waals surface area contributed by atoms with E-state index in [2.05, 4.69) is 4.99 Å². The van der Waals surface area contributed by atoms with Gasteiger partial charge < -0.3 is 18.6 Å². The standard InChI is InChI=1S/C34H34N2O7S/c1-5-8-19-42-32(38)24-11-9-22(10-12-24)27-18-17-26(43-27)20-28-31(37)36-30(23-13-15-25(16-14-23)40-6-2)29(33(39)41-7-3)21(4)35-34(36)44-28/h9-18,20,30H,5-8,19H2,1-4H3/b28-20-/t30-/m0/s1. The minimum absolute atomic E-state index is 0.197. The molecule has 0 amide bonds. The topological polar surface area (TPSA) is 109 Å². The zero-order valence-corrected chi connectivity index (χ0v) is 25.9. The summed E-state index contributed by atoms with van der Waals surface area (Å²) in [5, 5.41) is 0. The first-order valence-corrected chi connectivity index (χ1v) is 15.5. The largest absolute Gasteiger partial charge is 0.494 e. The van der Waals surface area contributed by atoms with E-state index in [1.54, 1.807) is 50.3 Å². The van der Waals surface area contributed by atoms with Gasteiger partial charge in [-0.2, -0.15) is 0 Å². The molecule has 0 aliphatic carbocycles. The van der Waals surface area contributed by atoms with Crippen LogP contribution in [0.3, 0.4) is 0 Å². The van der Waals surface area contributed by atoms with Gasteiger partial charge in [0.25, 0.3) is 5.56 Å². The normalized spacial score (nSPS) is 14.6. The Labute approximate surface area is 258 Å². The highest BCUT2D eigenvalue weighted by molar-refractivity contribution is 7.07. The van der Waals surface area contributed by atoms with E-state index in [0.29, 0.717) is 56.7 Å². The molecule has 228 valence electrons. The van der Waals surface area contributed by atoms with Gasteiger partial charge in [0.05, 0.1) is 47.2 Å². The molecule has 0 spiro atoms. The van der Waals surface area contributed by atoms with Crippen molar-refractivity contribution in [1.82, 2.24) is 4.57 Å². The second-order valence-corrected chi connectivity index (χ2v) is 11.1. The van der Waals surface area contributed by atoms with Gasteiger partial charge >= 0.3 is 11.9 Å². The molecular weight excluding hydrogens is 580 g/mol. The van der Waals surface area contributed by atoms with Gasteiger partial charge in [-0.1, -0.05) is 48.9 Å². The Kier molecular flexibility index (Phi) is 9.59. The van der Waals surface area contributed by atoms with E-state index in [1.807, 2.05) is 44.2 Å². The molecule has 0 N–H and O–H groups in total. The number of hydrogen-bond acceptors (Lipinski definition) is 9. The quantitative estimate of drug-likeness (QED) is 0.164. The molecule has 5 rings (SSSR count). The van der Waals surface area contributed by atoms with Crippen LogP contribution in [0.5, 0.6) is 5.75 Å². The fourth-order valence-corrected chi connectivity index (χ4v) is 5.92. The van der Waals surface area contributed by atoms with Crippen molar-refractivity contribution in [2.45, 2.75) is 46.6 Å². The van der Waals surface area contributed by atoms with E-state index < -0.39 is 12.0 Å². The first-order chi connectivity index (χ1) is 21.3. The number of fused-ring (bicyclic) bond motifs is 1. The second-order valence-electron chi connectivity index (χ2n) is 10.1. The summed E-state index contributed by atoms with van der Waals surface area (Å²) < 4.78 is 24.2. The number of carbonyl (C=O) groups is 2. The SMILES string of the molecule is CCCCOC(=O)c1ccc(-c2ccc(/C=c3\sc4n(c3=O)[C@@H](c3ccc(OCC)cc3)C(C(=O)OCC)=C(C)N=4)o2)cc1. The summed E-state index contributed by atoms with van der Waals surface area (Å²) in [5.41, 5.74) is 2.49. The number of benzene rings is 2. The third kappa shape index (κ3) is 6.45. The van der Waals surface area contributed by atoms with Crippen LogP contribution in [-0.2, 0) is 14.3 Å². The summed E-state index contributed by atoms with van der Waals surface area (Å²) >= 11 is 1.22.